The number of alkyl halides is 3. The fraction of sp³-hybridized carbons (Fsp3) is 0.250. The van der Waals surface area contributed by atoms with E-state index in [-0.39, 0.29) is 6.04 Å². The monoisotopic (exact) mass is 338 g/mol. The molecule has 0 saturated carbocycles. The van der Waals surface area contributed by atoms with Crippen LogP contribution in [-0.4, -0.2) is 14.6 Å². The van der Waals surface area contributed by atoms with E-state index in [2.05, 4.69) is 15.4 Å². The van der Waals surface area contributed by atoms with Crippen molar-refractivity contribution in [2.24, 2.45) is 0 Å². The lowest BCUT2D eigenvalue weighted by Crippen LogP contribution is -2.14. The van der Waals surface area contributed by atoms with Gasteiger partial charge in [-0.25, -0.2) is 9.37 Å². The first-order valence-corrected chi connectivity index (χ1v) is 7.32. The van der Waals surface area contributed by atoms with Gasteiger partial charge in [-0.2, -0.15) is 22.8 Å². The molecule has 3 aromatic rings. The van der Waals surface area contributed by atoms with E-state index >= 15 is 0 Å². The van der Waals surface area contributed by atoms with Crippen molar-refractivity contribution in [3.8, 4) is 0 Å². The van der Waals surface area contributed by atoms with Gasteiger partial charge in [0.25, 0.3) is 0 Å². The zero-order valence-electron chi connectivity index (χ0n) is 12.7. The molecule has 3 rings (SSSR count). The SMILES string of the molecule is CC[C@@H](Nc1cccc2ncnn12)c1ccc(C(F)(F)F)c(F)c1. The number of fused-ring (bicyclic) bond motifs is 1. The number of aromatic nitrogens is 3. The number of pyridine rings is 1. The Balaban J connectivity index is 1.92. The summed E-state index contributed by atoms with van der Waals surface area (Å²) in [6.07, 6.45) is -2.75. The molecular weight excluding hydrogens is 324 g/mol. The molecule has 1 aromatic carbocycles. The molecule has 0 saturated heterocycles. The maximum absolute atomic E-state index is 13.8. The molecule has 8 heteroatoms. The molecule has 4 nitrogen and oxygen atoms in total. The number of hydrogen-bond acceptors (Lipinski definition) is 3. The number of halogens is 4. The Labute approximate surface area is 135 Å². The number of hydrogen-bond donors (Lipinski definition) is 1. The average Bonchev–Trinajstić information content (AvgIpc) is 3.00. The van der Waals surface area contributed by atoms with Gasteiger partial charge in [-0.1, -0.05) is 19.1 Å². The number of nitrogens with zero attached hydrogens (tertiary/aromatic N) is 3. The van der Waals surface area contributed by atoms with Gasteiger partial charge in [0, 0.05) is 0 Å². The van der Waals surface area contributed by atoms with Crippen LogP contribution in [0.1, 0.15) is 30.5 Å². The van der Waals surface area contributed by atoms with Gasteiger partial charge in [-0.3, -0.25) is 0 Å². The van der Waals surface area contributed by atoms with Crippen molar-refractivity contribution in [1.82, 2.24) is 14.6 Å². The van der Waals surface area contributed by atoms with Crippen molar-refractivity contribution in [3.63, 3.8) is 0 Å². The summed E-state index contributed by atoms with van der Waals surface area (Å²) in [5.74, 6) is -0.656. The Morgan fingerprint density at radius 2 is 2.00 bits per heavy atom. The van der Waals surface area contributed by atoms with Crippen molar-refractivity contribution in [2.45, 2.75) is 25.6 Å². The van der Waals surface area contributed by atoms with E-state index in [1.165, 1.54) is 12.4 Å². The fourth-order valence-electron chi connectivity index (χ4n) is 2.53. The number of benzene rings is 1. The summed E-state index contributed by atoms with van der Waals surface area (Å²) in [6, 6.07) is 7.94. The lowest BCUT2D eigenvalue weighted by Gasteiger charge is -2.20. The summed E-state index contributed by atoms with van der Waals surface area (Å²) in [4.78, 5) is 4.06. The minimum Gasteiger partial charge on any atom is -0.363 e. The van der Waals surface area contributed by atoms with E-state index in [4.69, 9.17) is 0 Å². The van der Waals surface area contributed by atoms with Crippen LogP contribution in [0, 0.1) is 5.82 Å². The Bertz CT molecular complexity index is 857. The van der Waals surface area contributed by atoms with Crippen LogP contribution in [0.5, 0.6) is 0 Å². The summed E-state index contributed by atoms with van der Waals surface area (Å²) in [5.41, 5.74) is -0.201. The number of anilines is 1. The van der Waals surface area contributed by atoms with Crippen LogP contribution in [0.25, 0.3) is 5.65 Å². The van der Waals surface area contributed by atoms with E-state index in [0.29, 0.717) is 23.4 Å². The Morgan fingerprint density at radius 3 is 2.67 bits per heavy atom. The second kappa shape index (κ2) is 6.10. The maximum Gasteiger partial charge on any atom is 0.419 e. The first kappa shape index (κ1) is 16.2. The van der Waals surface area contributed by atoms with Crippen molar-refractivity contribution in [2.75, 3.05) is 5.32 Å². The smallest absolute Gasteiger partial charge is 0.363 e. The largest absolute Gasteiger partial charge is 0.419 e. The Kier molecular flexibility index (Phi) is 4.13. The van der Waals surface area contributed by atoms with Crippen molar-refractivity contribution < 1.29 is 17.6 Å². The Hall–Kier alpha value is -2.64. The van der Waals surface area contributed by atoms with Crippen molar-refractivity contribution in [3.05, 3.63) is 59.7 Å². The molecule has 1 N–H and O–H groups in total. The van der Waals surface area contributed by atoms with Crippen molar-refractivity contribution >= 4 is 11.5 Å². The van der Waals surface area contributed by atoms with Crippen LogP contribution < -0.4 is 5.32 Å². The minimum absolute atomic E-state index is 0.364. The van der Waals surface area contributed by atoms with Gasteiger partial charge in [0.05, 0.1) is 11.6 Å². The van der Waals surface area contributed by atoms with Crippen LogP contribution in [0.2, 0.25) is 0 Å². The predicted octanol–water partition coefficient (Wildman–Crippen LogP) is 4.45. The maximum atomic E-state index is 13.8. The van der Waals surface area contributed by atoms with Gasteiger partial charge >= 0.3 is 6.18 Å². The lowest BCUT2D eigenvalue weighted by molar-refractivity contribution is -0.140. The molecule has 126 valence electrons. The van der Waals surface area contributed by atoms with E-state index in [9.17, 15) is 17.6 Å². The highest BCUT2D eigenvalue weighted by Gasteiger charge is 2.34. The fourth-order valence-corrected chi connectivity index (χ4v) is 2.53. The molecule has 1 atom stereocenters. The van der Waals surface area contributed by atoms with E-state index in [1.807, 2.05) is 6.92 Å². The third-order valence-corrected chi connectivity index (χ3v) is 3.73. The highest BCUT2D eigenvalue weighted by molar-refractivity contribution is 5.49. The van der Waals surface area contributed by atoms with Crippen LogP contribution >= 0.6 is 0 Å². The van der Waals surface area contributed by atoms with Crippen LogP contribution in [0.3, 0.4) is 0 Å². The highest BCUT2D eigenvalue weighted by Crippen LogP contribution is 2.33. The number of rotatable bonds is 4. The van der Waals surface area contributed by atoms with Gasteiger partial charge in [-0.15, -0.1) is 0 Å². The normalized spacial score (nSPS) is 13.2. The van der Waals surface area contributed by atoms with E-state index in [1.54, 1.807) is 22.7 Å². The van der Waals surface area contributed by atoms with Gasteiger partial charge in [0.2, 0.25) is 0 Å². The van der Waals surface area contributed by atoms with Gasteiger partial charge in [0.15, 0.2) is 5.65 Å². The van der Waals surface area contributed by atoms with Gasteiger partial charge in [-0.05, 0) is 36.2 Å². The topological polar surface area (TPSA) is 42.2 Å². The molecule has 0 aliphatic carbocycles. The number of nitrogens with one attached hydrogen (secondary N) is 1. The summed E-state index contributed by atoms with van der Waals surface area (Å²) in [7, 11) is 0. The molecule has 0 aliphatic heterocycles. The standard InChI is InChI=1S/C16H14F4N4/c1-2-13(10-6-7-11(12(17)8-10)16(18,19)20)23-15-5-3-4-14-21-9-22-24(14)15/h3-9,13,23H,2H2,1H3/t13-/m1/s1. The molecule has 0 amide bonds. The summed E-state index contributed by atoms with van der Waals surface area (Å²) in [5, 5.41) is 7.26. The molecule has 0 bridgehead atoms. The summed E-state index contributed by atoms with van der Waals surface area (Å²) in [6.45, 7) is 1.86. The third kappa shape index (κ3) is 3.04. The molecule has 0 fully saturated rings. The Morgan fingerprint density at radius 1 is 1.21 bits per heavy atom. The molecule has 0 spiro atoms. The predicted molar refractivity (Wildman–Crippen MR) is 81.0 cm³/mol. The molecule has 0 radical (unpaired) electrons. The zero-order valence-corrected chi connectivity index (χ0v) is 12.7. The van der Waals surface area contributed by atoms with E-state index < -0.39 is 17.6 Å². The molecule has 2 aromatic heterocycles. The first-order valence-electron chi connectivity index (χ1n) is 7.32. The van der Waals surface area contributed by atoms with Crippen LogP contribution in [0.4, 0.5) is 23.4 Å². The summed E-state index contributed by atoms with van der Waals surface area (Å²) < 4.78 is 53.4. The van der Waals surface area contributed by atoms with Gasteiger partial charge < -0.3 is 5.32 Å². The molecule has 2 heterocycles. The highest BCUT2D eigenvalue weighted by atomic mass is 19.4. The zero-order chi connectivity index (χ0) is 17.3. The molecule has 0 aliphatic rings. The second-order valence-corrected chi connectivity index (χ2v) is 5.28. The van der Waals surface area contributed by atoms with Crippen LogP contribution in [0.15, 0.2) is 42.7 Å². The first-order chi connectivity index (χ1) is 11.4. The second-order valence-electron chi connectivity index (χ2n) is 5.28. The lowest BCUT2D eigenvalue weighted by atomic mass is 10.0. The quantitative estimate of drug-likeness (QED) is 0.715. The molecule has 24 heavy (non-hydrogen) atoms. The molecular formula is C16H14F4N4. The average molecular weight is 338 g/mol. The van der Waals surface area contributed by atoms with Gasteiger partial charge in [0.1, 0.15) is 18.0 Å². The third-order valence-electron chi connectivity index (χ3n) is 3.73. The molecule has 0 unspecified atom stereocenters. The summed E-state index contributed by atoms with van der Waals surface area (Å²) >= 11 is 0. The van der Waals surface area contributed by atoms with Crippen molar-refractivity contribution in [1.29, 1.82) is 0 Å². The van der Waals surface area contributed by atoms with Crippen LogP contribution in [-0.2, 0) is 6.18 Å². The van der Waals surface area contributed by atoms with E-state index in [0.717, 1.165) is 12.1 Å². The minimum atomic E-state index is -4.70.